The van der Waals surface area contributed by atoms with E-state index in [2.05, 4.69) is 20.5 Å². The number of β-amino-alcohol motifs (C(OH)–C–C–N with tert-alkyl or cyclic N) is 1. The minimum atomic E-state index is -3.70. The molecule has 1 saturated heterocycles. The van der Waals surface area contributed by atoms with Gasteiger partial charge in [-0.1, -0.05) is 12.1 Å². The zero-order valence-electron chi connectivity index (χ0n) is 16.9. The van der Waals surface area contributed by atoms with Gasteiger partial charge in [-0.3, -0.25) is 4.90 Å². The molecule has 1 unspecified atom stereocenters. The summed E-state index contributed by atoms with van der Waals surface area (Å²) >= 11 is 0. The zero-order chi connectivity index (χ0) is 20.6. The third kappa shape index (κ3) is 9.57. The van der Waals surface area contributed by atoms with E-state index >= 15 is 0 Å². The Hall–Kier alpha value is -0.990. The number of aliphatic imine (C=N–C) groups is 1. The Morgan fingerprint density at radius 1 is 1.28 bits per heavy atom. The molecule has 0 radical (unpaired) electrons. The van der Waals surface area contributed by atoms with Crippen LogP contribution in [0.25, 0.3) is 0 Å². The van der Waals surface area contributed by atoms with E-state index in [4.69, 9.17) is 9.88 Å². The van der Waals surface area contributed by atoms with Crippen LogP contribution in [0, 0.1) is 0 Å². The van der Waals surface area contributed by atoms with Crippen molar-refractivity contribution in [3.8, 4) is 0 Å². The monoisotopic (exact) mass is 541 g/mol. The summed E-state index contributed by atoms with van der Waals surface area (Å²) in [5, 5.41) is 22.1. The lowest BCUT2D eigenvalue weighted by Crippen LogP contribution is -2.52. The van der Waals surface area contributed by atoms with Gasteiger partial charge in [0.2, 0.25) is 10.0 Å². The third-order valence-corrected chi connectivity index (χ3v) is 5.25. The normalized spacial score (nSPS) is 17.9. The molecule has 29 heavy (non-hydrogen) atoms. The fourth-order valence-electron chi connectivity index (χ4n) is 2.87. The summed E-state index contributed by atoms with van der Waals surface area (Å²) in [5.74, 6) is 0.584. The van der Waals surface area contributed by atoms with E-state index in [0.717, 1.165) is 18.7 Å². The van der Waals surface area contributed by atoms with Crippen molar-refractivity contribution in [2.24, 2.45) is 10.1 Å². The second-order valence-electron chi connectivity index (χ2n) is 7.12. The maximum absolute atomic E-state index is 11.3. The van der Waals surface area contributed by atoms with Gasteiger partial charge in [-0.25, -0.2) is 18.5 Å². The Morgan fingerprint density at radius 2 is 1.90 bits per heavy atom. The summed E-state index contributed by atoms with van der Waals surface area (Å²) < 4.78 is 28.0. The first-order valence-electron chi connectivity index (χ1n) is 9.36. The molecule has 0 spiro atoms. The molecule has 1 heterocycles. The highest BCUT2D eigenvalue weighted by Crippen LogP contribution is 2.10. The van der Waals surface area contributed by atoms with E-state index in [1.807, 2.05) is 6.92 Å². The number of guanidine groups is 1. The summed E-state index contributed by atoms with van der Waals surface area (Å²) in [6.07, 6.45) is 0. The molecule has 1 fully saturated rings. The second kappa shape index (κ2) is 12.0. The molecule has 1 aromatic carbocycles. The standard InChI is InChI=1S/C18H31N5O4S.HI/c1-3-20-17(21-12-15-4-6-16(7-5-15)28(19,25)26)22-13-18(2,24)14-23-8-10-27-11-9-23;/h4-7,24H,3,8-14H2,1-2H3,(H2,19,25,26)(H2,20,21,22);1H. The number of sulfonamides is 1. The fraction of sp³-hybridized carbons (Fsp3) is 0.611. The van der Waals surface area contributed by atoms with Crippen LogP contribution in [-0.4, -0.2) is 75.9 Å². The lowest BCUT2D eigenvalue weighted by atomic mass is 10.1. The summed E-state index contributed by atoms with van der Waals surface area (Å²) in [6, 6.07) is 6.30. The molecule has 1 aliphatic heterocycles. The number of ether oxygens (including phenoxy) is 1. The van der Waals surface area contributed by atoms with Crippen LogP contribution in [0.3, 0.4) is 0 Å². The number of halogens is 1. The van der Waals surface area contributed by atoms with Crippen molar-refractivity contribution >= 4 is 40.0 Å². The average molecular weight is 541 g/mol. The SMILES string of the molecule is CCNC(=NCc1ccc(S(N)(=O)=O)cc1)NCC(C)(O)CN1CCOCC1.I. The van der Waals surface area contributed by atoms with Crippen molar-refractivity contribution in [3.05, 3.63) is 29.8 Å². The Labute approximate surface area is 190 Å². The summed E-state index contributed by atoms with van der Waals surface area (Å²) in [5.41, 5.74) is -0.0605. The van der Waals surface area contributed by atoms with Crippen molar-refractivity contribution in [3.63, 3.8) is 0 Å². The first-order chi connectivity index (χ1) is 13.2. The van der Waals surface area contributed by atoms with Gasteiger partial charge in [-0.05, 0) is 31.5 Å². The predicted octanol–water partition coefficient (Wildman–Crippen LogP) is 0.0903. The number of nitrogens with one attached hydrogen (secondary N) is 2. The molecule has 1 aliphatic rings. The number of hydrogen-bond acceptors (Lipinski definition) is 6. The van der Waals surface area contributed by atoms with Crippen molar-refractivity contribution in [2.45, 2.75) is 30.9 Å². The molecule has 1 aromatic rings. The largest absolute Gasteiger partial charge is 0.387 e. The highest BCUT2D eigenvalue weighted by molar-refractivity contribution is 14.0. The van der Waals surface area contributed by atoms with Crippen molar-refractivity contribution in [1.82, 2.24) is 15.5 Å². The molecule has 1 atom stereocenters. The van der Waals surface area contributed by atoms with Gasteiger partial charge in [0.15, 0.2) is 5.96 Å². The number of morpholine rings is 1. The van der Waals surface area contributed by atoms with Gasteiger partial charge in [0.1, 0.15) is 0 Å². The van der Waals surface area contributed by atoms with E-state index in [1.54, 1.807) is 19.1 Å². The van der Waals surface area contributed by atoms with Crippen LogP contribution in [0.15, 0.2) is 34.2 Å². The topological polar surface area (TPSA) is 129 Å². The average Bonchev–Trinajstić information content (AvgIpc) is 2.64. The van der Waals surface area contributed by atoms with Gasteiger partial charge in [-0.2, -0.15) is 0 Å². The minimum Gasteiger partial charge on any atom is -0.387 e. The Morgan fingerprint density at radius 3 is 2.45 bits per heavy atom. The quantitative estimate of drug-likeness (QED) is 0.209. The Balaban J connectivity index is 0.00000420. The number of aliphatic hydroxyl groups is 1. The lowest BCUT2D eigenvalue weighted by Gasteiger charge is -2.34. The van der Waals surface area contributed by atoms with Crippen molar-refractivity contribution < 1.29 is 18.3 Å². The molecule has 0 aliphatic carbocycles. The summed E-state index contributed by atoms with van der Waals surface area (Å²) in [4.78, 5) is 6.75. The smallest absolute Gasteiger partial charge is 0.238 e. The Bertz CT molecular complexity index is 750. The summed E-state index contributed by atoms with van der Waals surface area (Å²) in [7, 11) is -3.70. The fourth-order valence-corrected chi connectivity index (χ4v) is 3.38. The number of benzene rings is 1. The van der Waals surface area contributed by atoms with Crippen LogP contribution in [-0.2, 0) is 21.3 Å². The first kappa shape index (κ1) is 26.0. The first-order valence-corrected chi connectivity index (χ1v) is 10.9. The molecule has 5 N–H and O–H groups in total. The van der Waals surface area contributed by atoms with E-state index in [0.29, 0.717) is 45.4 Å². The van der Waals surface area contributed by atoms with E-state index in [1.165, 1.54) is 12.1 Å². The number of primary sulfonamides is 1. The van der Waals surface area contributed by atoms with Crippen LogP contribution < -0.4 is 15.8 Å². The molecule has 0 aromatic heterocycles. The van der Waals surface area contributed by atoms with Crippen LogP contribution in [0.5, 0.6) is 0 Å². The second-order valence-corrected chi connectivity index (χ2v) is 8.68. The molecular formula is C18H32IN5O4S. The van der Waals surface area contributed by atoms with Gasteiger partial charge in [0, 0.05) is 32.7 Å². The van der Waals surface area contributed by atoms with Crippen LogP contribution in [0.4, 0.5) is 0 Å². The molecule has 166 valence electrons. The van der Waals surface area contributed by atoms with Crippen molar-refractivity contribution in [2.75, 3.05) is 45.9 Å². The number of nitrogens with zero attached hydrogens (tertiary/aromatic N) is 2. The zero-order valence-corrected chi connectivity index (χ0v) is 20.1. The molecule has 0 bridgehead atoms. The summed E-state index contributed by atoms with van der Waals surface area (Å²) in [6.45, 7) is 8.73. The van der Waals surface area contributed by atoms with Gasteiger partial charge in [0.25, 0.3) is 0 Å². The molecular weight excluding hydrogens is 509 g/mol. The maximum Gasteiger partial charge on any atom is 0.238 e. The van der Waals surface area contributed by atoms with Crippen LogP contribution >= 0.6 is 24.0 Å². The molecule has 11 heteroatoms. The molecule has 0 saturated carbocycles. The predicted molar refractivity (Wildman–Crippen MR) is 124 cm³/mol. The minimum absolute atomic E-state index is 0. The molecule has 0 amide bonds. The lowest BCUT2D eigenvalue weighted by molar-refractivity contribution is -0.0201. The Kier molecular flexibility index (Phi) is 10.8. The van der Waals surface area contributed by atoms with Gasteiger partial charge >= 0.3 is 0 Å². The van der Waals surface area contributed by atoms with E-state index in [-0.39, 0.29) is 28.9 Å². The van der Waals surface area contributed by atoms with E-state index in [9.17, 15) is 13.5 Å². The van der Waals surface area contributed by atoms with Crippen molar-refractivity contribution in [1.29, 1.82) is 0 Å². The number of nitrogens with two attached hydrogens (primary N) is 1. The molecule has 2 rings (SSSR count). The van der Waals surface area contributed by atoms with Gasteiger partial charge in [-0.15, -0.1) is 24.0 Å². The van der Waals surface area contributed by atoms with Gasteiger partial charge in [0.05, 0.1) is 30.3 Å². The molecule has 9 nitrogen and oxygen atoms in total. The highest BCUT2D eigenvalue weighted by atomic mass is 127. The van der Waals surface area contributed by atoms with Crippen LogP contribution in [0.2, 0.25) is 0 Å². The van der Waals surface area contributed by atoms with Crippen LogP contribution in [0.1, 0.15) is 19.4 Å². The number of rotatable bonds is 8. The highest BCUT2D eigenvalue weighted by Gasteiger charge is 2.25. The maximum atomic E-state index is 11.3. The third-order valence-electron chi connectivity index (χ3n) is 4.32. The van der Waals surface area contributed by atoms with E-state index < -0.39 is 15.6 Å². The number of hydrogen-bond donors (Lipinski definition) is 4. The van der Waals surface area contributed by atoms with Gasteiger partial charge < -0.3 is 20.5 Å².